The Morgan fingerprint density at radius 2 is 1.47 bits per heavy atom. The minimum atomic E-state index is 0.131. The van der Waals surface area contributed by atoms with E-state index in [1.165, 1.54) is 64.2 Å². The molecule has 0 saturated carbocycles. The zero-order valence-corrected chi connectivity index (χ0v) is 13.5. The molecule has 1 aliphatic heterocycles. The van der Waals surface area contributed by atoms with Gasteiger partial charge in [0.25, 0.3) is 0 Å². The highest BCUT2D eigenvalue weighted by molar-refractivity contribution is 4.79. The lowest BCUT2D eigenvalue weighted by Crippen LogP contribution is -2.39. The maximum atomic E-state index is 6.53. The van der Waals surface area contributed by atoms with E-state index in [4.69, 9.17) is 4.74 Å². The number of hydrogen-bond acceptors (Lipinski definition) is 2. The number of ether oxygens (including phenoxy) is 1. The molecule has 0 aliphatic carbocycles. The van der Waals surface area contributed by atoms with Crippen LogP contribution in [0.5, 0.6) is 0 Å². The lowest BCUT2D eigenvalue weighted by Gasteiger charge is -2.36. The topological polar surface area (TPSA) is 21.3 Å². The fourth-order valence-corrected chi connectivity index (χ4v) is 3.06. The highest BCUT2D eigenvalue weighted by Gasteiger charge is 2.28. The van der Waals surface area contributed by atoms with E-state index in [9.17, 15) is 0 Å². The number of hydrogen-bond donors (Lipinski definition) is 1. The molecule has 2 heteroatoms. The summed E-state index contributed by atoms with van der Waals surface area (Å²) >= 11 is 0. The summed E-state index contributed by atoms with van der Waals surface area (Å²) in [5.74, 6) is 0. The molecule has 0 aromatic carbocycles. The fraction of sp³-hybridized carbons (Fsp3) is 1.00. The third-order valence-corrected chi connectivity index (χ3v) is 4.36. The van der Waals surface area contributed by atoms with E-state index in [0.29, 0.717) is 6.10 Å². The van der Waals surface area contributed by atoms with Gasteiger partial charge in [0.2, 0.25) is 0 Å². The summed E-state index contributed by atoms with van der Waals surface area (Å²) in [6, 6.07) is 0. The Morgan fingerprint density at radius 1 is 0.947 bits per heavy atom. The van der Waals surface area contributed by atoms with E-state index in [2.05, 4.69) is 26.1 Å². The molecule has 1 rings (SSSR count). The van der Waals surface area contributed by atoms with Gasteiger partial charge in [0.15, 0.2) is 0 Å². The molecule has 0 radical (unpaired) electrons. The normalized spacial score (nSPS) is 17.8. The van der Waals surface area contributed by atoms with Crippen molar-refractivity contribution >= 4 is 0 Å². The molecular weight excluding hydrogens is 234 g/mol. The van der Waals surface area contributed by atoms with E-state index in [1.807, 2.05) is 0 Å². The SMILES string of the molecule is CCCCCC(C)(CCCCC)OC1CCNCC1. The van der Waals surface area contributed by atoms with Crippen molar-refractivity contribution in [3.63, 3.8) is 0 Å². The van der Waals surface area contributed by atoms with Gasteiger partial charge in [-0.1, -0.05) is 52.4 Å². The van der Waals surface area contributed by atoms with Crippen molar-refractivity contribution in [3.8, 4) is 0 Å². The van der Waals surface area contributed by atoms with Crippen molar-refractivity contribution in [2.24, 2.45) is 0 Å². The van der Waals surface area contributed by atoms with Crippen LogP contribution in [0.2, 0.25) is 0 Å². The van der Waals surface area contributed by atoms with E-state index in [0.717, 1.165) is 13.1 Å². The van der Waals surface area contributed by atoms with Gasteiger partial charge in [0.05, 0.1) is 11.7 Å². The second-order valence-corrected chi connectivity index (χ2v) is 6.43. The molecule has 0 bridgehead atoms. The van der Waals surface area contributed by atoms with Crippen molar-refractivity contribution in [3.05, 3.63) is 0 Å². The Morgan fingerprint density at radius 3 is 1.95 bits per heavy atom. The van der Waals surface area contributed by atoms with Crippen LogP contribution in [-0.4, -0.2) is 24.8 Å². The van der Waals surface area contributed by atoms with Crippen molar-refractivity contribution in [1.82, 2.24) is 5.32 Å². The van der Waals surface area contributed by atoms with E-state index >= 15 is 0 Å². The van der Waals surface area contributed by atoms with Crippen LogP contribution in [0.15, 0.2) is 0 Å². The zero-order valence-electron chi connectivity index (χ0n) is 13.5. The van der Waals surface area contributed by atoms with Crippen LogP contribution in [0.1, 0.15) is 85.0 Å². The summed E-state index contributed by atoms with van der Waals surface area (Å²) in [5.41, 5.74) is 0.131. The monoisotopic (exact) mass is 269 g/mol. The van der Waals surface area contributed by atoms with Crippen molar-refractivity contribution in [1.29, 1.82) is 0 Å². The quantitative estimate of drug-likeness (QED) is 0.582. The molecule has 1 N–H and O–H groups in total. The van der Waals surface area contributed by atoms with Gasteiger partial charge in [-0.2, -0.15) is 0 Å². The fourth-order valence-electron chi connectivity index (χ4n) is 3.06. The van der Waals surface area contributed by atoms with Gasteiger partial charge in [-0.05, 0) is 45.7 Å². The first-order chi connectivity index (χ1) is 9.20. The smallest absolute Gasteiger partial charge is 0.0658 e. The third kappa shape index (κ3) is 7.31. The van der Waals surface area contributed by atoms with Crippen molar-refractivity contribution in [2.45, 2.75) is 96.7 Å². The van der Waals surface area contributed by atoms with Crippen LogP contribution < -0.4 is 5.32 Å². The summed E-state index contributed by atoms with van der Waals surface area (Å²) in [7, 11) is 0. The van der Waals surface area contributed by atoms with Gasteiger partial charge in [-0.3, -0.25) is 0 Å². The minimum Gasteiger partial charge on any atom is -0.372 e. The van der Waals surface area contributed by atoms with Gasteiger partial charge in [-0.25, -0.2) is 0 Å². The molecule has 19 heavy (non-hydrogen) atoms. The second kappa shape index (κ2) is 9.77. The molecule has 0 aromatic heterocycles. The molecule has 1 heterocycles. The predicted molar refractivity (Wildman–Crippen MR) is 83.7 cm³/mol. The molecule has 114 valence electrons. The number of piperidine rings is 1. The lowest BCUT2D eigenvalue weighted by atomic mass is 9.91. The largest absolute Gasteiger partial charge is 0.372 e. The molecule has 1 fully saturated rings. The van der Waals surface area contributed by atoms with Crippen molar-refractivity contribution in [2.75, 3.05) is 13.1 Å². The molecule has 1 saturated heterocycles. The third-order valence-electron chi connectivity index (χ3n) is 4.36. The summed E-state index contributed by atoms with van der Waals surface area (Å²) in [6.07, 6.45) is 13.3. The molecule has 0 amide bonds. The van der Waals surface area contributed by atoms with Crippen LogP contribution in [0.3, 0.4) is 0 Å². The maximum Gasteiger partial charge on any atom is 0.0658 e. The molecule has 0 aromatic rings. The number of rotatable bonds is 10. The number of nitrogens with one attached hydrogen (secondary N) is 1. The molecule has 0 spiro atoms. The molecular formula is C17H35NO. The summed E-state index contributed by atoms with van der Waals surface area (Å²) in [6.45, 7) is 9.18. The average molecular weight is 269 g/mol. The number of unbranched alkanes of at least 4 members (excludes halogenated alkanes) is 4. The van der Waals surface area contributed by atoms with Gasteiger partial charge in [0, 0.05) is 0 Å². The summed E-state index contributed by atoms with van der Waals surface area (Å²) < 4.78 is 6.53. The first kappa shape index (κ1) is 17.0. The summed E-state index contributed by atoms with van der Waals surface area (Å²) in [5, 5.41) is 3.43. The maximum absolute atomic E-state index is 6.53. The van der Waals surface area contributed by atoms with Crippen LogP contribution in [-0.2, 0) is 4.74 Å². The molecule has 0 unspecified atom stereocenters. The first-order valence-electron chi connectivity index (χ1n) is 8.58. The van der Waals surface area contributed by atoms with E-state index < -0.39 is 0 Å². The Hall–Kier alpha value is -0.0800. The highest BCUT2D eigenvalue weighted by atomic mass is 16.5. The Labute approximate surface area is 120 Å². The van der Waals surface area contributed by atoms with Crippen LogP contribution in [0, 0.1) is 0 Å². The van der Waals surface area contributed by atoms with Crippen molar-refractivity contribution < 1.29 is 4.74 Å². The minimum absolute atomic E-state index is 0.131. The highest BCUT2D eigenvalue weighted by Crippen LogP contribution is 2.29. The molecule has 2 nitrogen and oxygen atoms in total. The standard InChI is InChI=1S/C17H35NO/c1-4-6-8-12-17(3,13-9-7-5-2)19-16-10-14-18-15-11-16/h16,18H,4-15H2,1-3H3. The van der Waals surface area contributed by atoms with Gasteiger partial charge in [0.1, 0.15) is 0 Å². The summed E-state index contributed by atoms with van der Waals surface area (Å²) in [4.78, 5) is 0. The van der Waals surface area contributed by atoms with E-state index in [-0.39, 0.29) is 5.60 Å². The Kier molecular flexibility index (Phi) is 8.72. The van der Waals surface area contributed by atoms with Gasteiger partial charge in [-0.15, -0.1) is 0 Å². The van der Waals surface area contributed by atoms with Gasteiger partial charge >= 0.3 is 0 Å². The Bertz CT molecular complexity index is 201. The van der Waals surface area contributed by atoms with Crippen LogP contribution in [0.25, 0.3) is 0 Å². The predicted octanol–water partition coefficient (Wildman–Crippen LogP) is 4.67. The van der Waals surface area contributed by atoms with Crippen LogP contribution in [0.4, 0.5) is 0 Å². The Balaban J connectivity index is 2.40. The average Bonchev–Trinajstić information content (AvgIpc) is 2.40. The van der Waals surface area contributed by atoms with Gasteiger partial charge < -0.3 is 10.1 Å². The molecule has 0 atom stereocenters. The zero-order chi connectivity index (χ0) is 14.0. The lowest BCUT2D eigenvalue weighted by molar-refractivity contribution is -0.103. The first-order valence-corrected chi connectivity index (χ1v) is 8.58. The second-order valence-electron chi connectivity index (χ2n) is 6.43. The molecule has 1 aliphatic rings. The van der Waals surface area contributed by atoms with Crippen LogP contribution >= 0.6 is 0 Å². The van der Waals surface area contributed by atoms with E-state index in [1.54, 1.807) is 0 Å².